The van der Waals surface area contributed by atoms with Crippen LogP contribution >= 0.6 is 22.9 Å². The topological polar surface area (TPSA) is 73.3 Å². The molecule has 0 unspecified atom stereocenters. The molecule has 130 valence electrons. The first-order valence-corrected chi connectivity index (χ1v) is 8.77. The molecule has 2 heterocycles. The molecule has 3 rings (SSSR count). The van der Waals surface area contributed by atoms with Crippen molar-refractivity contribution in [1.29, 1.82) is 0 Å². The third-order valence-electron chi connectivity index (χ3n) is 3.58. The predicted molar refractivity (Wildman–Crippen MR) is 99.4 cm³/mol. The molecule has 2 aromatic heterocycles. The molecule has 1 N–H and O–H groups in total. The summed E-state index contributed by atoms with van der Waals surface area (Å²) in [6.07, 6.45) is 0. The van der Waals surface area contributed by atoms with Crippen LogP contribution in [0.2, 0.25) is 5.28 Å². The van der Waals surface area contributed by atoms with Crippen molar-refractivity contribution in [2.45, 2.75) is 13.8 Å². The van der Waals surface area contributed by atoms with Crippen LogP contribution in [0.4, 0.5) is 11.5 Å². The molecule has 0 spiro atoms. The van der Waals surface area contributed by atoms with Crippen LogP contribution in [0.1, 0.15) is 22.2 Å². The van der Waals surface area contributed by atoms with Crippen molar-refractivity contribution in [3.05, 3.63) is 40.0 Å². The molecule has 0 fully saturated rings. The number of anilines is 2. The van der Waals surface area contributed by atoms with Crippen molar-refractivity contribution >= 4 is 50.6 Å². The van der Waals surface area contributed by atoms with Gasteiger partial charge in [-0.1, -0.05) is 0 Å². The molecule has 0 atom stereocenters. The van der Waals surface area contributed by atoms with Crippen LogP contribution < -0.4 is 10.1 Å². The van der Waals surface area contributed by atoms with Gasteiger partial charge in [0.25, 0.3) is 0 Å². The predicted octanol–water partition coefficient (Wildman–Crippen LogP) is 4.58. The van der Waals surface area contributed by atoms with E-state index in [4.69, 9.17) is 21.1 Å². The van der Waals surface area contributed by atoms with E-state index < -0.39 is 0 Å². The monoisotopic (exact) mass is 377 g/mol. The number of rotatable bonds is 5. The van der Waals surface area contributed by atoms with E-state index in [-0.39, 0.29) is 11.3 Å². The number of thiophene rings is 1. The Labute approximate surface area is 153 Å². The Hall–Kier alpha value is -2.38. The van der Waals surface area contributed by atoms with Crippen molar-refractivity contribution < 1.29 is 14.3 Å². The van der Waals surface area contributed by atoms with Crippen LogP contribution in [0.25, 0.3) is 10.2 Å². The second kappa shape index (κ2) is 7.25. The number of methoxy groups -OCH3 is 1. The minimum absolute atomic E-state index is 0.111. The fourth-order valence-corrected chi connectivity index (χ4v) is 3.70. The standard InChI is InChI=1S/C17H16ClN3O3S/c1-4-24-16(22)13-9(2)12-14(20-17(18)21-15(12)25-13)19-10-5-7-11(23-3)8-6-10/h5-8H,4H2,1-3H3,(H,19,20,21). The minimum atomic E-state index is -0.366. The molecule has 0 amide bonds. The lowest BCUT2D eigenvalue weighted by Gasteiger charge is -2.09. The Kier molecular flexibility index (Phi) is 5.06. The fourth-order valence-electron chi connectivity index (χ4n) is 2.41. The van der Waals surface area contributed by atoms with Gasteiger partial charge in [0, 0.05) is 5.69 Å². The number of aryl methyl sites for hydroxylation is 1. The highest BCUT2D eigenvalue weighted by Crippen LogP contribution is 2.36. The van der Waals surface area contributed by atoms with Crippen LogP contribution in [0.3, 0.4) is 0 Å². The zero-order chi connectivity index (χ0) is 18.0. The van der Waals surface area contributed by atoms with Crippen LogP contribution in [0.5, 0.6) is 5.75 Å². The summed E-state index contributed by atoms with van der Waals surface area (Å²) in [5.74, 6) is 0.937. The third-order valence-corrected chi connectivity index (χ3v) is 4.91. The Bertz CT molecular complexity index is 925. The molecule has 6 nitrogen and oxygen atoms in total. The van der Waals surface area contributed by atoms with Gasteiger partial charge in [0.15, 0.2) is 0 Å². The van der Waals surface area contributed by atoms with E-state index in [1.165, 1.54) is 11.3 Å². The number of fused-ring (bicyclic) bond motifs is 1. The summed E-state index contributed by atoms with van der Waals surface area (Å²) < 4.78 is 10.3. The third kappa shape index (κ3) is 3.52. The van der Waals surface area contributed by atoms with Crippen molar-refractivity contribution in [3.63, 3.8) is 0 Å². The molecular formula is C17H16ClN3O3S. The van der Waals surface area contributed by atoms with E-state index in [1.54, 1.807) is 14.0 Å². The van der Waals surface area contributed by atoms with Gasteiger partial charge in [0.1, 0.15) is 21.3 Å². The normalized spacial score (nSPS) is 10.7. The average Bonchev–Trinajstić information content (AvgIpc) is 2.92. The van der Waals surface area contributed by atoms with Gasteiger partial charge < -0.3 is 14.8 Å². The van der Waals surface area contributed by atoms with Gasteiger partial charge in [-0.3, -0.25) is 0 Å². The van der Waals surface area contributed by atoms with Crippen molar-refractivity contribution in [2.75, 3.05) is 19.0 Å². The highest BCUT2D eigenvalue weighted by molar-refractivity contribution is 7.20. The van der Waals surface area contributed by atoms with Gasteiger partial charge >= 0.3 is 5.97 Å². The molecule has 1 aromatic carbocycles. The number of carbonyl (C=O) groups excluding carboxylic acids is 1. The highest BCUT2D eigenvalue weighted by Gasteiger charge is 2.21. The van der Waals surface area contributed by atoms with E-state index in [2.05, 4.69) is 15.3 Å². The maximum absolute atomic E-state index is 12.1. The molecule has 0 saturated heterocycles. The lowest BCUT2D eigenvalue weighted by Crippen LogP contribution is -2.03. The van der Waals surface area contributed by atoms with E-state index in [0.29, 0.717) is 22.1 Å². The Balaban J connectivity index is 2.05. The molecule has 0 bridgehead atoms. The number of nitrogens with one attached hydrogen (secondary N) is 1. The second-order valence-electron chi connectivity index (χ2n) is 5.15. The van der Waals surface area contributed by atoms with Crippen molar-refractivity contribution in [2.24, 2.45) is 0 Å². The Morgan fingerprint density at radius 2 is 2.00 bits per heavy atom. The van der Waals surface area contributed by atoms with Crippen LogP contribution in [0, 0.1) is 6.92 Å². The van der Waals surface area contributed by atoms with E-state index >= 15 is 0 Å². The molecule has 3 aromatic rings. The fraction of sp³-hybridized carbons (Fsp3) is 0.235. The van der Waals surface area contributed by atoms with Gasteiger partial charge in [-0.25, -0.2) is 9.78 Å². The number of aromatic nitrogens is 2. The first-order chi connectivity index (χ1) is 12.0. The number of halogens is 1. The second-order valence-corrected chi connectivity index (χ2v) is 6.49. The summed E-state index contributed by atoms with van der Waals surface area (Å²) in [6, 6.07) is 7.42. The summed E-state index contributed by atoms with van der Waals surface area (Å²) in [7, 11) is 1.61. The molecule has 0 radical (unpaired) electrons. The summed E-state index contributed by atoms with van der Waals surface area (Å²) in [5.41, 5.74) is 1.59. The van der Waals surface area contributed by atoms with E-state index in [0.717, 1.165) is 22.4 Å². The van der Waals surface area contributed by atoms with Crippen LogP contribution in [-0.4, -0.2) is 29.7 Å². The lowest BCUT2D eigenvalue weighted by molar-refractivity contribution is 0.0531. The summed E-state index contributed by atoms with van der Waals surface area (Å²) in [4.78, 5) is 21.8. The first-order valence-electron chi connectivity index (χ1n) is 7.58. The smallest absolute Gasteiger partial charge is 0.348 e. The maximum atomic E-state index is 12.1. The zero-order valence-electron chi connectivity index (χ0n) is 13.9. The average molecular weight is 378 g/mol. The van der Waals surface area contributed by atoms with E-state index in [1.807, 2.05) is 31.2 Å². The van der Waals surface area contributed by atoms with Gasteiger partial charge in [-0.05, 0) is 55.3 Å². The SMILES string of the molecule is CCOC(=O)c1sc2nc(Cl)nc(Nc3ccc(OC)cc3)c2c1C. The number of esters is 1. The number of hydrogen-bond acceptors (Lipinski definition) is 7. The minimum Gasteiger partial charge on any atom is -0.497 e. The number of nitrogens with zero attached hydrogens (tertiary/aromatic N) is 2. The highest BCUT2D eigenvalue weighted by atomic mass is 35.5. The largest absolute Gasteiger partial charge is 0.497 e. The molecule has 0 aliphatic rings. The number of ether oxygens (including phenoxy) is 2. The maximum Gasteiger partial charge on any atom is 0.348 e. The van der Waals surface area contributed by atoms with Crippen LogP contribution in [0.15, 0.2) is 24.3 Å². The molecular weight excluding hydrogens is 362 g/mol. The lowest BCUT2D eigenvalue weighted by atomic mass is 10.2. The Morgan fingerprint density at radius 1 is 1.28 bits per heavy atom. The van der Waals surface area contributed by atoms with Crippen molar-refractivity contribution in [1.82, 2.24) is 9.97 Å². The quantitative estimate of drug-likeness (QED) is 0.518. The van der Waals surface area contributed by atoms with Gasteiger partial charge in [-0.15, -0.1) is 11.3 Å². The summed E-state index contributed by atoms with van der Waals surface area (Å²) in [5, 5.41) is 4.10. The van der Waals surface area contributed by atoms with Gasteiger partial charge in [-0.2, -0.15) is 4.98 Å². The first kappa shape index (κ1) is 17.4. The summed E-state index contributed by atoms with van der Waals surface area (Å²) in [6.45, 7) is 3.94. The van der Waals surface area contributed by atoms with Crippen LogP contribution in [-0.2, 0) is 4.74 Å². The van der Waals surface area contributed by atoms with Gasteiger partial charge in [0.2, 0.25) is 5.28 Å². The molecule has 25 heavy (non-hydrogen) atoms. The van der Waals surface area contributed by atoms with E-state index in [9.17, 15) is 4.79 Å². The number of benzene rings is 1. The number of hydrogen-bond donors (Lipinski definition) is 1. The van der Waals surface area contributed by atoms with Gasteiger partial charge in [0.05, 0.1) is 19.1 Å². The molecule has 0 saturated carbocycles. The molecule has 0 aliphatic heterocycles. The molecule has 0 aliphatic carbocycles. The van der Waals surface area contributed by atoms with Crippen molar-refractivity contribution in [3.8, 4) is 5.75 Å². The number of carbonyl (C=O) groups is 1. The molecule has 8 heteroatoms. The Morgan fingerprint density at radius 3 is 2.64 bits per heavy atom. The summed E-state index contributed by atoms with van der Waals surface area (Å²) >= 11 is 7.30. The zero-order valence-corrected chi connectivity index (χ0v) is 15.5.